The van der Waals surface area contributed by atoms with E-state index in [0.29, 0.717) is 6.54 Å². The van der Waals surface area contributed by atoms with Gasteiger partial charge in [0.25, 0.3) is 0 Å². The molecule has 1 aliphatic rings. The number of rotatable bonds is 7. The molecule has 1 amide bonds. The highest BCUT2D eigenvalue weighted by molar-refractivity contribution is 7.18. The fraction of sp³-hybridized carbons (Fsp3) is 0.500. The van der Waals surface area contributed by atoms with Crippen LogP contribution in [0.1, 0.15) is 50.1 Å². The molecule has 0 spiro atoms. The zero-order valence-electron chi connectivity index (χ0n) is 15.1. The van der Waals surface area contributed by atoms with Gasteiger partial charge in [0.05, 0.1) is 22.8 Å². The van der Waals surface area contributed by atoms with E-state index in [4.69, 9.17) is 4.98 Å². The lowest BCUT2D eigenvalue weighted by Gasteiger charge is -2.22. The normalized spacial score (nSPS) is 16.0. The third-order valence-corrected chi connectivity index (χ3v) is 6.08. The number of benzene rings is 1. The topological polar surface area (TPSA) is 45.2 Å². The molecular weight excluding hydrogens is 330 g/mol. The van der Waals surface area contributed by atoms with Crippen molar-refractivity contribution in [1.82, 2.24) is 15.2 Å². The van der Waals surface area contributed by atoms with Gasteiger partial charge >= 0.3 is 0 Å². The number of carbonyl (C=O) groups excluding carboxylic acids is 1. The molecular formula is C20H27N3OS. The molecule has 4 nitrogen and oxygen atoms in total. The zero-order valence-corrected chi connectivity index (χ0v) is 15.9. The van der Waals surface area contributed by atoms with Crippen LogP contribution < -0.4 is 5.32 Å². The molecule has 3 rings (SSSR count). The maximum absolute atomic E-state index is 12.2. The number of nitrogens with zero attached hydrogens (tertiary/aromatic N) is 2. The predicted molar refractivity (Wildman–Crippen MR) is 105 cm³/mol. The summed E-state index contributed by atoms with van der Waals surface area (Å²) in [5.41, 5.74) is 2.54. The van der Waals surface area contributed by atoms with Crippen LogP contribution in [-0.2, 0) is 4.79 Å². The standard InChI is InChI=1S/C20H27N3OS/c1-15(20-22-17-10-6-7-11-18(17)25-20)23(2)14-19(24)21-13-12-16-8-4-3-5-9-16/h6-8,10-11,15H,3-5,9,12-14H2,1-2H3,(H,21,24)/t15-/m1/s1. The minimum absolute atomic E-state index is 0.0897. The van der Waals surface area contributed by atoms with Crippen molar-refractivity contribution in [1.29, 1.82) is 0 Å². The minimum Gasteiger partial charge on any atom is -0.355 e. The third-order valence-electron chi connectivity index (χ3n) is 4.88. The second-order valence-corrected chi connectivity index (χ2v) is 7.88. The Labute approximate surface area is 153 Å². The summed E-state index contributed by atoms with van der Waals surface area (Å²) in [6, 6.07) is 8.30. The number of hydrogen-bond acceptors (Lipinski definition) is 4. The quantitative estimate of drug-likeness (QED) is 0.752. The molecule has 0 radical (unpaired) electrons. The molecule has 0 unspecified atom stereocenters. The summed E-state index contributed by atoms with van der Waals surface area (Å²) in [5.74, 6) is 0.0897. The minimum atomic E-state index is 0.0897. The number of amides is 1. The maximum Gasteiger partial charge on any atom is 0.234 e. The van der Waals surface area contributed by atoms with Gasteiger partial charge in [0.1, 0.15) is 5.01 Å². The summed E-state index contributed by atoms with van der Waals surface area (Å²) in [6.45, 7) is 3.25. The van der Waals surface area contributed by atoms with Crippen molar-refractivity contribution >= 4 is 27.5 Å². The molecule has 0 saturated carbocycles. The molecule has 134 valence electrons. The van der Waals surface area contributed by atoms with Crippen LogP contribution in [0.2, 0.25) is 0 Å². The van der Waals surface area contributed by atoms with E-state index in [2.05, 4.69) is 29.3 Å². The van der Waals surface area contributed by atoms with Gasteiger partial charge in [-0.05, 0) is 58.2 Å². The van der Waals surface area contributed by atoms with E-state index in [1.807, 2.05) is 25.2 Å². The van der Waals surface area contributed by atoms with E-state index in [1.165, 1.54) is 36.0 Å². The monoisotopic (exact) mass is 357 g/mol. The Bertz CT molecular complexity index is 719. The van der Waals surface area contributed by atoms with Crippen molar-refractivity contribution in [3.63, 3.8) is 0 Å². The van der Waals surface area contributed by atoms with E-state index in [0.717, 1.165) is 23.5 Å². The number of allylic oxidation sites excluding steroid dienone is 1. The van der Waals surface area contributed by atoms with Crippen LogP contribution in [0.5, 0.6) is 0 Å². The number of thiazole rings is 1. The summed E-state index contributed by atoms with van der Waals surface area (Å²) in [5, 5.41) is 4.11. The summed E-state index contributed by atoms with van der Waals surface area (Å²) in [6.07, 6.45) is 8.34. The molecule has 5 heteroatoms. The molecule has 0 aliphatic heterocycles. The molecule has 1 aliphatic carbocycles. The van der Waals surface area contributed by atoms with E-state index >= 15 is 0 Å². The van der Waals surface area contributed by atoms with Gasteiger partial charge in [0.2, 0.25) is 5.91 Å². The fourth-order valence-electron chi connectivity index (χ4n) is 3.17. The van der Waals surface area contributed by atoms with E-state index < -0.39 is 0 Å². The van der Waals surface area contributed by atoms with Gasteiger partial charge in [0, 0.05) is 6.54 Å². The molecule has 25 heavy (non-hydrogen) atoms. The Morgan fingerprint density at radius 3 is 2.96 bits per heavy atom. The number of carbonyl (C=O) groups is 1. The first-order chi connectivity index (χ1) is 12.1. The molecule has 0 fully saturated rings. The van der Waals surface area contributed by atoms with Crippen molar-refractivity contribution in [2.45, 2.75) is 45.1 Å². The van der Waals surface area contributed by atoms with Crippen LogP contribution in [0.4, 0.5) is 0 Å². The molecule has 0 bridgehead atoms. The molecule has 0 saturated heterocycles. The fourth-order valence-corrected chi connectivity index (χ4v) is 4.26. The second-order valence-electron chi connectivity index (χ2n) is 6.82. The highest BCUT2D eigenvalue weighted by Gasteiger charge is 2.18. The number of hydrogen-bond donors (Lipinski definition) is 1. The predicted octanol–water partition coefficient (Wildman–Crippen LogP) is 4.30. The van der Waals surface area contributed by atoms with Crippen LogP contribution in [0, 0.1) is 0 Å². The Hall–Kier alpha value is -1.72. The third kappa shape index (κ3) is 4.89. The number of likely N-dealkylation sites (N-methyl/N-ethyl adjacent to an activating group) is 1. The first-order valence-electron chi connectivity index (χ1n) is 9.14. The molecule has 2 aromatic rings. The summed E-state index contributed by atoms with van der Waals surface area (Å²) >= 11 is 1.71. The Morgan fingerprint density at radius 1 is 1.36 bits per heavy atom. The van der Waals surface area contributed by atoms with Gasteiger partial charge in [-0.3, -0.25) is 9.69 Å². The molecule has 1 aromatic heterocycles. The van der Waals surface area contributed by atoms with E-state index in [9.17, 15) is 4.79 Å². The first-order valence-corrected chi connectivity index (χ1v) is 9.95. The summed E-state index contributed by atoms with van der Waals surface area (Å²) in [7, 11) is 1.99. The van der Waals surface area contributed by atoms with E-state index in [1.54, 1.807) is 11.3 Å². The summed E-state index contributed by atoms with van der Waals surface area (Å²) in [4.78, 5) is 19.0. The van der Waals surface area contributed by atoms with Gasteiger partial charge in [-0.25, -0.2) is 4.98 Å². The van der Waals surface area contributed by atoms with Crippen LogP contribution in [0.25, 0.3) is 10.2 Å². The van der Waals surface area contributed by atoms with Gasteiger partial charge in [-0.15, -0.1) is 11.3 Å². The molecule has 1 atom stereocenters. The first kappa shape index (κ1) is 18.1. The highest BCUT2D eigenvalue weighted by Crippen LogP contribution is 2.28. The van der Waals surface area contributed by atoms with Gasteiger partial charge < -0.3 is 5.32 Å². The summed E-state index contributed by atoms with van der Waals surface area (Å²) < 4.78 is 1.20. The van der Waals surface area contributed by atoms with Gasteiger partial charge in [-0.2, -0.15) is 0 Å². The maximum atomic E-state index is 12.2. The second kappa shape index (κ2) is 8.59. The van der Waals surface area contributed by atoms with Crippen molar-refractivity contribution in [3.8, 4) is 0 Å². The average molecular weight is 358 g/mol. The number of para-hydroxylation sites is 1. The lowest BCUT2D eigenvalue weighted by molar-refractivity contribution is -0.122. The van der Waals surface area contributed by atoms with Crippen molar-refractivity contribution in [2.75, 3.05) is 20.1 Å². The molecule has 1 aromatic carbocycles. The Morgan fingerprint density at radius 2 is 2.20 bits per heavy atom. The lowest BCUT2D eigenvalue weighted by atomic mass is 9.97. The number of nitrogens with one attached hydrogen (secondary N) is 1. The largest absolute Gasteiger partial charge is 0.355 e. The van der Waals surface area contributed by atoms with Crippen molar-refractivity contribution < 1.29 is 4.79 Å². The number of aromatic nitrogens is 1. The molecule has 1 N–H and O–H groups in total. The average Bonchev–Trinajstić information content (AvgIpc) is 3.06. The smallest absolute Gasteiger partial charge is 0.234 e. The SMILES string of the molecule is C[C@H](c1nc2ccccc2s1)N(C)CC(=O)NCCC1=CCCCC1. The Kier molecular flexibility index (Phi) is 6.21. The van der Waals surface area contributed by atoms with Crippen molar-refractivity contribution in [3.05, 3.63) is 40.9 Å². The van der Waals surface area contributed by atoms with E-state index in [-0.39, 0.29) is 11.9 Å². The molecule has 1 heterocycles. The van der Waals surface area contributed by atoms with Crippen LogP contribution in [-0.4, -0.2) is 35.9 Å². The van der Waals surface area contributed by atoms with Crippen LogP contribution in [0.3, 0.4) is 0 Å². The van der Waals surface area contributed by atoms with Crippen molar-refractivity contribution in [2.24, 2.45) is 0 Å². The van der Waals surface area contributed by atoms with Gasteiger partial charge in [0.15, 0.2) is 0 Å². The van der Waals surface area contributed by atoms with Crippen LogP contribution >= 0.6 is 11.3 Å². The highest BCUT2D eigenvalue weighted by atomic mass is 32.1. The van der Waals surface area contributed by atoms with Crippen LogP contribution in [0.15, 0.2) is 35.9 Å². The zero-order chi connectivity index (χ0) is 17.6. The number of fused-ring (bicyclic) bond motifs is 1. The Balaban J connectivity index is 1.47. The lowest BCUT2D eigenvalue weighted by Crippen LogP contribution is -2.36. The van der Waals surface area contributed by atoms with Gasteiger partial charge in [-0.1, -0.05) is 23.8 Å².